The van der Waals surface area contributed by atoms with Crippen LogP contribution in [0.3, 0.4) is 0 Å². The summed E-state index contributed by atoms with van der Waals surface area (Å²) in [6, 6.07) is 6.00. The molecular formula is C18H22O8. The first kappa shape index (κ1) is 21.3. The molecule has 0 radical (unpaired) electrons. The van der Waals surface area contributed by atoms with Crippen molar-refractivity contribution in [2.24, 2.45) is 0 Å². The van der Waals surface area contributed by atoms with E-state index in [9.17, 15) is 19.5 Å². The number of aliphatic hydroxyl groups excluding tert-OH is 1. The van der Waals surface area contributed by atoms with Gasteiger partial charge in [0.25, 0.3) is 6.47 Å². The first-order chi connectivity index (χ1) is 12.4. The minimum atomic E-state index is -1.13. The fraction of sp³-hybridized carbons (Fsp3) is 0.389. The molecule has 0 aliphatic heterocycles. The van der Waals surface area contributed by atoms with Crippen molar-refractivity contribution in [2.45, 2.75) is 26.2 Å². The van der Waals surface area contributed by atoms with Gasteiger partial charge in [-0.25, -0.2) is 9.59 Å². The molecule has 0 aliphatic rings. The molecule has 0 fully saturated rings. The molecule has 0 aromatic heterocycles. The number of carbonyl (C=O) groups excluding carboxylic acids is 3. The zero-order chi connectivity index (χ0) is 19.5. The smallest absolute Gasteiger partial charge is 0.339 e. The number of aliphatic hydroxyl groups is 1. The highest BCUT2D eigenvalue weighted by atomic mass is 16.6. The summed E-state index contributed by atoms with van der Waals surface area (Å²) in [5.74, 6) is -1.48. The monoisotopic (exact) mass is 366 g/mol. The molecule has 8 heteroatoms. The molecule has 0 bridgehead atoms. The number of hydrogen-bond acceptors (Lipinski definition) is 8. The molecule has 26 heavy (non-hydrogen) atoms. The van der Waals surface area contributed by atoms with Gasteiger partial charge in [0.15, 0.2) is 6.29 Å². The molecule has 0 aliphatic carbocycles. The molecule has 1 rings (SSSR count). The van der Waals surface area contributed by atoms with E-state index in [4.69, 9.17) is 14.2 Å². The van der Waals surface area contributed by atoms with Crippen molar-refractivity contribution in [3.63, 3.8) is 0 Å². The first-order valence-electron chi connectivity index (χ1n) is 7.84. The van der Waals surface area contributed by atoms with Gasteiger partial charge in [0, 0.05) is 0 Å². The third-order valence-electron chi connectivity index (χ3n) is 3.12. The first-order valence-corrected chi connectivity index (χ1v) is 7.84. The molecule has 1 aromatic carbocycles. The average Bonchev–Trinajstić information content (AvgIpc) is 2.63. The van der Waals surface area contributed by atoms with Crippen molar-refractivity contribution in [2.75, 3.05) is 19.8 Å². The second-order valence-electron chi connectivity index (χ2n) is 5.39. The van der Waals surface area contributed by atoms with Crippen LogP contribution in [0.5, 0.6) is 0 Å². The fourth-order valence-corrected chi connectivity index (χ4v) is 1.76. The molecule has 0 saturated heterocycles. The van der Waals surface area contributed by atoms with Gasteiger partial charge in [-0.15, -0.1) is 0 Å². The van der Waals surface area contributed by atoms with Crippen LogP contribution < -0.4 is 0 Å². The van der Waals surface area contributed by atoms with Gasteiger partial charge in [-0.3, -0.25) is 4.79 Å². The van der Waals surface area contributed by atoms with Gasteiger partial charge >= 0.3 is 11.9 Å². The lowest BCUT2D eigenvalue weighted by Crippen LogP contribution is -2.21. The van der Waals surface area contributed by atoms with Crippen LogP contribution in [0.25, 0.3) is 0 Å². The number of ether oxygens (including phenoxy) is 4. The van der Waals surface area contributed by atoms with Gasteiger partial charge in [-0.05, 0) is 31.6 Å². The molecule has 8 nitrogen and oxygen atoms in total. The van der Waals surface area contributed by atoms with Crippen LogP contribution in [0.1, 0.15) is 34.6 Å². The van der Waals surface area contributed by atoms with Gasteiger partial charge in [0.05, 0.1) is 17.7 Å². The van der Waals surface area contributed by atoms with Crippen LogP contribution in [0, 0.1) is 0 Å². The van der Waals surface area contributed by atoms with Gasteiger partial charge in [0.1, 0.15) is 19.3 Å². The highest BCUT2D eigenvalue weighted by Gasteiger charge is 2.20. The second-order valence-corrected chi connectivity index (χ2v) is 5.39. The zero-order valence-corrected chi connectivity index (χ0v) is 14.7. The van der Waals surface area contributed by atoms with Crippen LogP contribution in [-0.4, -0.2) is 55.7 Å². The largest absolute Gasteiger partial charge is 0.461 e. The Hall–Kier alpha value is -2.71. The standard InChI is InChI=1S/C18H22O8/c1-12(2)16(20)23-8-9-24-17(21)14-6-4-5-7-15(14)18(22)25-10-13(3)26-11-19/h4-7,11,13,16,20H,1,8-10H2,2-3H3. The van der Waals surface area contributed by atoms with Crippen molar-refractivity contribution in [3.8, 4) is 0 Å². The predicted molar refractivity (Wildman–Crippen MR) is 90.4 cm³/mol. The Morgan fingerprint density at radius 3 is 2.27 bits per heavy atom. The molecule has 0 heterocycles. The zero-order valence-electron chi connectivity index (χ0n) is 14.7. The van der Waals surface area contributed by atoms with Gasteiger partial charge in [-0.1, -0.05) is 18.7 Å². The lowest BCUT2D eigenvalue weighted by molar-refractivity contribution is -0.134. The fourth-order valence-electron chi connectivity index (χ4n) is 1.76. The molecule has 2 atom stereocenters. The lowest BCUT2D eigenvalue weighted by Gasteiger charge is -2.13. The van der Waals surface area contributed by atoms with E-state index < -0.39 is 24.3 Å². The van der Waals surface area contributed by atoms with E-state index >= 15 is 0 Å². The summed E-state index contributed by atoms with van der Waals surface area (Å²) in [6.45, 7) is 6.65. The number of carbonyl (C=O) groups is 3. The Labute approximate surface area is 151 Å². The van der Waals surface area contributed by atoms with E-state index in [2.05, 4.69) is 11.3 Å². The van der Waals surface area contributed by atoms with E-state index in [1.54, 1.807) is 26.0 Å². The number of benzene rings is 1. The van der Waals surface area contributed by atoms with Gasteiger partial charge < -0.3 is 24.1 Å². The van der Waals surface area contributed by atoms with Crippen molar-refractivity contribution in [3.05, 3.63) is 47.5 Å². The van der Waals surface area contributed by atoms with Crippen molar-refractivity contribution in [1.29, 1.82) is 0 Å². The predicted octanol–water partition coefficient (Wildman–Crippen LogP) is 1.47. The topological polar surface area (TPSA) is 108 Å². The van der Waals surface area contributed by atoms with Crippen molar-refractivity contribution < 1.29 is 38.4 Å². The normalized spacial score (nSPS) is 12.6. The molecule has 2 unspecified atom stereocenters. The van der Waals surface area contributed by atoms with Crippen LogP contribution in [-0.2, 0) is 23.7 Å². The highest BCUT2D eigenvalue weighted by Crippen LogP contribution is 2.12. The molecule has 1 N–H and O–H groups in total. The quantitative estimate of drug-likeness (QED) is 0.157. The average molecular weight is 366 g/mol. The van der Waals surface area contributed by atoms with Gasteiger partial charge in [-0.2, -0.15) is 0 Å². The Kier molecular flexibility index (Phi) is 9.04. The molecule has 0 amide bonds. The summed E-state index contributed by atoms with van der Waals surface area (Å²) >= 11 is 0. The van der Waals surface area contributed by atoms with E-state index in [0.717, 1.165) is 0 Å². The maximum atomic E-state index is 12.2. The van der Waals surface area contributed by atoms with E-state index in [1.165, 1.54) is 12.1 Å². The number of hydrogen-bond donors (Lipinski definition) is 1. The minimum absolute atomic E-state index is 0.0266. The summed E-state index contributed by atoms with van der Waals surface area (Å²) in [5.41, 5.74) is 0.484. The maximum Gasteiger partial charge on any atom is 0.339 e. The summed E-state index contributed by atoms with van der Waals surface area (Å²) < 4.78 is 19.7. The summed E-state index contributed by atoms with van der Waals surface area (Å²) in [7, 11) is 0. The molecular weight excluding hydrogens is 344 g/mol. The summed E-state index contributed by atoms with van der Waals surface area (Å²) in [4.78, 5) is 34.5. The molecule has 142 valence electrons. The van der Waals surface area contributed by atoms with Gasteiger partial charge in [0.2, 0.25) is 0 Å². The van der Waals surface area contributed by atoms with E-state index in [-0.39, 0.29) is 37.4 Å². The Morgan fingerprint density at radius 1 is 1.15 bits per heavy atom. The third-order valence-corrected chi connectivity index (χ3v) is 3.12. The third kappa shape index (κ3) is 7.04. The highest BCUT2D eigenvalue weighted by molar-refractivity contribution is 6.03. The maximum absolute atomic E-state index is 12.2. The Balaban J connectivity index is 2.61. The molecule has 0 spiro atoms. The van der Waals surface area contributed by atoms with E-state index in [1.807, 2.05) is 0 Å². The summed E-state index contributed by atoms with van der Waals surface area (Å²) in [5, 5.41) is 9.41. The Bertz CT molecular complexity index is 640. The molecule has 1 aromatic rings. The second kappa shape index (κ2) is 11.0. The van der Waals surface area contributed by atoms with Crippen LogP contribution in [0.2, 0.25) is 0 Å². The van der Waals surface area contributed by atoms with E-state index in [0.29, 0.717) is 5.57 Å². The minimum Gasteiger partial charge on any atom is -0.461 e. The molecule has 0 saturated carbocycles. The van der Waals surface area contributed by atoms with Crippen LogP contribution in [0.4, 0.5) is 0 Å². The van der Waals surface area contributed by atoms with Crippen molar-refractivity contribution >= 4 is 18.4 Å². The van der Waals surface area contributed by atoms with Crippen LogP contribution >= 0.6 is 0 Å². The van der Waals surface area contributed by atoms with Crippen molar-refractivity contribution in [1.82, 2.24) is 0 Å². The Morgan fingerprint density at radius 2 is 1.73 bits per heavy atom. The number of rotatable bonds is 11. The van der Waals surface area contributed by atoms with Crippen LogP contribution in [0.15, 0.2) is 36.4 Å². The summed E-state index contributed by atoms with van der Waals surface area (Å²) in [6.07, 6.45) is -1.74. The SMILES string of the molecule is C=C(C)C(O)OCCOC(=O)c1ccccc1C(=O)OCC(C)OC=O. The lowest BCUT2D eigenvalue weighted by atomic mass is 10.1. The number of esters is 2.